The maximum absolute atomic E-state index is 6.00. The van der Waals surface area contributed by atoms with Gasteiger partial charge in [-0.1, -0.05) is 45.9 Å². The summed E-state index contributed by atoms with van der Waals surface area (Å²) in [5.74, 6) is 1.03. The molecule has 1 aromatic rings. The Morgan fingerprint density at radius 3 is 2.67 bits per heavy atom. The minimum atomic E-state index is 0.293. The molecule has 0 saturated heterocycles. The fraction of sp³-hybridized carbons (Fsp3) is 0.667. The summed E-state index contributed by atoms with van der Waals surface area (Å²) in [5, 5.41) is 3.72. The van der Waals surface area contributed by atoms with Gasteiger partial charge in [0.25, 0.3) is 0 Å². The molecule has 1 aliphatic rings. The van der Waals surface area contributed by atoms with Crippen LogP contribution in [0.4, 0.5) is 0 Å². The normalized spacial score (nSPS) is 22.0. The molecule has 0 aliphatic carbocycles. The fourth-order valence-corrected chi connectivity index (χ4v) is 3.14. The molecule has 2 rings (SSSR count). The number of nitrogens with one attached hydrogen (secondary N) is 1. The van der Waals surface area contributed by atoms with E-state index >= 15 is 0 Å². The number of benzene rings is 1. The predicted molar refractivity (Wildman–Crippen MR) is 88.8 cm³/mol. The minimum absolute atomic E-state index is 0.293. The first-order valence-electron chi connectivity index (χ1n) is 8.07. The molecule has 0 spiro atoms. The quantitative estimate of drug-likeness (QED) is 0.898. The SMILES string of the molecule is CCCNC1c2ccccc2OCC1N(C)CC(C)(C)C. The number of ether oxygens (including phenoxy) is 1. The highest BCUT2D eigenvalue weighted by Gasteiger charge is 2.34. The van der Waals surface area contributed by atoms with Crippen molar-refractivity contribution >= 4 is 0 Å². The van der Waals surface area contributed by atoms with Crippen LogP contribution in [-0.4, -0.2) is 37.7 Å². The Morgan fingerprint density at radius 1 is 1.29 bits per heavy atom. The van der Waals surface area contributed by atoms with Crippen molar-refractivity contribution in [1.29, 1.82) is 0 Å². The van der Waals surface area contributed by atoms with Crippen LogP contribution in [0.25, 0.3) is 0 Å². The number of nitrogens with zero attached hydrogens (tertiary/aromatic N) is 1. The van der Waals surface area contributed by atoms with E-state index < -0.39 is 0 Å². The minimum Gasteiger partial charge on any atom is -0.492 e. The third-order valence-corrected chi connectivity index (χ3v) is 3.95. The van der Waals surface area contributed by atoms with Crippen molar-refractivity contribution in [2.45, 2.75) is 46.2 Å². The van der Waals surface area contributed by atoms with Crippen molar-refractivity contribution in [3.63, 3.8) is 0 Å². The van der Waals surface area contributed by atoms with Gasteiger partial charge >= 0.3 is 0 Å². The van der Waals surface area contributed by atoms with E-state index in [0.717, 1.165) is 31.9 Å². The average molecular weight is 290 g/mol. The van der Waals surface area contributed by atoms with Gasteiger partial charge in [0.1, 0.15) is 12.4 Å². The predicted octanol–water partition coefficient (Wildman–Crippen LogP) is 3.47. The van der Waals surface area contributed by atoms with E-state index in [2.05, 4.69) is 69.2 Å². The molecule has 1 N–H and O–H groups in total. The van der Waals surface area contributed by atoms with E-state index in [9.17, 15) is 0 Å². The van der Waals surface area contributed by atoms with E-state index in [0.29, 0.717) is 17.5 Å². The first kappa shape index (κ1) is 16.3. The van der Waals surface area contributed by atoms with Crippen molar-refractivity contribution in [2.75, 3.05) is 26.7 Å². The summed E-state index contributed by atoms with van der Waals surface area (Å²) in [6.07, 6.45) is 1.15. The van der Waals surface area contributed by atoms with Crippen LogP contribution in [0.5, 0.6) is 5.75 Å². The van der Waals surface area contributed by atoms with Crippen molar-refractivity contribution in [3.05, 3.63) is 29.8 Å². The molecule has 3 nitrogen and oxygen atoms in total. The van der Waals surface area contributed by atoms with Crippen molar-refractivity contribution in [1.82, 2.24) is 10.2 Å². The van der Waals surface area contributed by atoms with Crippen LogP contribution in [0, 0.1) is 5.41 Å². The largest absolute Gasteiger partial charge is 0.492 e. The van der Waals surface area contributed by atoms with Gasteiger partial charge in [0.2, 0.25) is 0 Å². The van der Waals surface area contributed by atoms with E-state index in [4.69, 9.17) is 4.74 Å². The number of likely N-dealkylation sites (N-methyl/N-ethyl adjacent to an activating group) is 1. The highest BCUT2D eigenvalue weighted by atomic mass is 16.5. The standard InChI is InChI=1S/C18H30N2O/c1-6-11-19-17-14-9-7-8-10-16(14)21-12-15(17)20(5)13-18(2,3)4/h7-10,15,17,19H,6,11-13H2,1-5H3. The topological polar surface area (TPSA) is 24.5 Å². The lowest BCUT2D eigenvalue weighted by molar-refractivity contribution is 0.0809. The van der Waals surface area contributed by atoms with E-state index in [1.54, 1.807) is 0 Å². The van der Waals surface area contributed by atoms with E-state index in [-0.39, 0.29) is 0 Å². The monoisotopic (exact) mass is 290 g/mol. The molecule has 0 bridgehead atoms. The van der Waals surface area contributed by atoms with Gasteiger partial charge < -0.3 is 10.1 Å². The zero-order valence-electron chi connectivity index (χ0n) is 14.1. The van der Waals surface area contributed by atoms with Gasteiger partial charge in [-0.25, -0.2) is 0 Å². The van der Waals surface area contributed by atoms with Crippen LogP contribution in [-0.2, 0) is 0 Å². The average Bonchev–Trinajstić information content (AvgIpc) is 2.42. The molecule has 1 aliphatic heterocycles. The lowest BCUT2D eigenvalue weighted by Crippen LogP contribution is -2.50. The molecule has 2 atom stereocenters. The van der Waals surface area contributed by atoms with E-state index in [1.807, 2.05) is 0 Å². The van der Waals surface area contributed by atoms with Gasteiger partial charge in [0.15, 0.2) is 0 Å². The second-order valence-electron chi connectivity index (χ2n) is 7.32. The van der Waals surface area contributed by atoms with Crippen LogP contribution in [0.15, 0.2) is 24.3 Å². The number of hydrogen-bond acceptors (Lipinski definition) is 3. The smallest absolute Gasteiger partial charge is 0.124 e. The third kappa shape index (κ3) is 4.21. The molecule has 1 aromatic carbocycles. The van der Waals surface area contributed by atoms with Gasteiger partial charge in [-0.15, -0.1) is 0 Å². The third-order valence-electron chi connectivity index (χ3n) is 3.95. The molecular formula is C18H30N2O. The molecule has 0 amide bonds. The summed E-state index contributed by atoms with van der Waals surface area (Å²) < 4.78 is 6.00. The summed E-state index contributed by atoms with van der Waals surface area (Å²) in [6, 6.07) is 9.16. The number of hydrogen-bond donors (Lipinski definition) is 1. The van der Waals surface area contributed by atoms with Gasteiger partial charge in [-0.3, -0.25) is 4.90 Å². The van der Waals surface area contributed by atoms with Crippen LogP contribution in [0.1, 0.15) is 45.7 Å². The Hall–Kier alpha value is -1.06. The van der Waals surface area contributed by atoms with Gasteiger partial charge in [0, 0.05) is 12.1 Å². The molecule has 118 valence electrons. The molecular weight excluding hydrogens is 260 g/mol. The maximum Gasteiger partial charge on any atom is 0.124 e. The van der Waals surface area contributed by atoms with Gasteiger partial charge in [-0.05, 0) is 31.5 Å². The lowest BCUT2D eigenvalue weighted by Gasteiger charge is -2.41. The number of para-hydroxylation sites is 1. The summed E-state index contributed by atoms with van der Waals surface area (Å²) in [5.41, 5.74) is 1.59. The molecule has 3 heteroatoms. The molecule has 1 heterocycles. The van der Waals surface area contributed by atoms with E-state index in [1.165, 1.54) is 5.56 Å². The van der Waals surface area contributed by atoms with Crippen LogP contribution in [0.3, 0.4) is 0 Å². The summed E-state index contributed by atoms with van der Waals surface area (Å²) in [6.45, 7) is 11.9. The van der Waals surface area contributed by atoms with Gasteiger partial charge in [0.05, 0.1) is 12.1 Å². The Morgan fingerprint density at radius 2 is 2.00 bits per heavy atom. The Labute approximate surface area is 129 Å². The fourth-order valence-electron chi connectivity index (χ4n) is 3.14. The maximum atomic E-state index is 6.00. The number of rotatable bonds is 5. The zero-order valence-corrected chi connectivity index (χ0v) is 14.1. The Kier molecular flexibility index (Phi) is 5.28. The first-order chi connectivity index (χ1) is 9.92. The summed E-state index contributed by atoms with van der Waals surface area (Å²) >= 11 is 0. The lowest BCUT2D eigenvalue weighted by atomic mass is 9.91. The molecule has 21 heavy (non-hydrogen) atoms. The van der Waals surface area contributed by atoms with Crippen molar-refractivity contribution in [2.24, 2.45) is 5.41 Å². The first-order valence-corrected chi connectivity index (χ1v) is 8.07. The summed E-state index contributed by atoms with van der Waals surface area (Å²) in [7, 11) is 2.22. The zero-order chi connectivity index (χ0) is 15.5. The molecule has 0 aromatic heterocycles. The Bertz CT molecular complexity index is 453. The van der Waals surface area contributed by atoms with Crippen LogP contribution in [0.2, 0.25) is 0 Å². The highest BCUT2D eigenvalue weighted by molar-refractivity contribution is 5.38. The van der Waals surface area contributed by atoms with Crippen LogP contribution >= 0.6 is 0 Å². The van der Waals surface area contributed by atoms with Crippen LogP contribution < -0.4 is 10.1 Å². The van der Waals surface area contributed by atoms with Gasteiger partial charge in [-0.2, -0.15) is 0 Å². The molecule has 2 unspecified atom stereocenters. The molecule has 0 fully saturated rings. The molecule has 0 saturated carbocycles. The Balaban J connectivity index is 2.20. The second-order valence-corrected chi connectivity index (χ2v) is 7.32. The van der Waals surface area contributed by atoms with Crippen molar-refractivity contribution in [3.8, 4) is 5.75 Å². The highest BCUT2D eigenvalue weighted by Crippen LogP contribution is 2.34. The number of fused-ring (bicyclic) bond motifs is 1. The van der Waals surface area contributed by atoms with Crippen molar-refractivity contribution < 1.29 is 4.74 Å². The molecule has 0 radical (unpaired) electrons. The summed E-state index contributed by atoms with van der Waals surface area (Å²) in [4.78, 5) is 2.45. The second kappa shape index (κ2) is 6.80.